The quantitative estimate of drug-likeness (QED) is 0.414. The van der Waals surface area contributed by atoms with E-state index in [4.69, 9.17) is 9.47 Å². The molecule has 2 rings (SSSR count). The van der Waals surface area contributed by atoms with Gasteiger partial charge in [0.25, 0.3) is 0 Å². The van der Waals surface area contributed by atoms with Gasteiger partial charge in [-0.05, 0) is 58.5 Å². The Morgan fingerprint density at radius 1 is 1.33 bits per heavy atom. The van der Waals surface area contributed by atoms with Crippen molar-refractivity contribution in [2.75, 3.05) is 6.79 Å². The fourth-order valence-corrected chi connectivity index (χ4v) is 2.44. The van der Waals surface area contributed by atoms with Crippen LogP contribution in [0.3, 0.4) is 0 Å². The average molecular weight is 406 g/mol. The van der Waals surface area contributed by atoms with E-state index in [1.807, 2.05) is 22.6 Å². The molecular formula is C15H16FIO4. The van der Waals surface area contributed by atoms with Gasteiger partial charge in [0.05, 0.1) is 6.42 Å². The second-order valence-electron chi connectivity index (χ2n) is 5.24. The second-order valence-corrected chi connectivity index (χ2v) is 6.49. The summed E-state index contributed by atoms with van der Waals surface area (Å²) in [4.78, 5) is 22.9. The van der Waals surface area contributed by atoms with E-state index in [2.05, 4.69) is 6.92 Å². The predicted molar refractivity (Wildman–Crippen MR) is 81.8 cm³/mol. The summed E-state index contributed by atoms with van der Waals surface area (Å²) in [6, 6.07) is 4.60. The highest BCUT2D eigenvalue weighted by Gasteiger charge is 2.34. The Morgan fingerprint density at radius 2 is 2.00 bits per heavy atom. The molecule has 0 aromatic heterocycles. The van der Waals surface area contributed by atoms with Crippen molar-refractivity contribution < 1.29 is 23.5 Å². The molecule has 2 atom stereocenters. The van der Waals surface area contributed by atoms with Crippen LogP contribution < -0.4 is 0 Å². The van der Waals surface area contributed by atoms with Gasteiger partial charge in [0.1, 0.15) is 5.82 Å². The van der Waals surface area contributed by atoms with E-state index in [9.17, 15) is 14.0 Å². The first-order valence-corrected chi connectivity index (χ1v) is 7.78. The van der Waals surface area contributed by atoms with Gasteiger partial charge in [-0.2, -0.15) is 0 Å². The maximum Gasteiger partial charge on any atom is 0.313 e. The van der Waals surface area contributed by atoms with Crippen molar-refractivity contribution in [2.24, 2.45) is 11.8 Å². The standard InChI is InChI=1S/C15H16FIO4/c1-9-4-11(9)6-15(19)21-8-20-14(18)5-10-2-3-12(17)7-13(10)16/h2-3,7,9,11H,4-6,8H2,1H3. The van der Waals surface area contributed by atoms with Crippen LogP contribution in [0.4, 0.5) is 4.39 Å². The summed E-state index contributed by atoms with van der Waals surface area (Å²) in [7, 11) is 0. The molecule has 0 bridgehead atoms. The molecule has 0 N–H and O–H groups in total. The Labute approximate surface area is 136 Å². The van der Waals surface area contributed by atoms with E-state index < -0.39 is 18.6 Å². The summed E-state index contributed by atoms with van der Waals surface area (Å²) in [5, 5.41) is 0. The average Bonchev–Trinajstić information content (AvgIpc) is 3.08. The van der Waals surface area contributed by atoms with Crippen molar-refractivity contribution in [2.45, 2.75) is 26.2 Å². The zero-order chi connectivity index (χ0) is 15.4. The number of benzene rings is 1. The lowest BCUT2D eigenvalue weighted by molar-refractivity contribution is -0.167. The molecule has 1 aliphatic carbocycles. The summed E-state index contributed by atoms with van der Waals surface area (Å²) in [6.45, 7) is 1.66. The molecule has 1 aromatic rings. The lowest BCUT2D eigenvalue weighted by Crippen LogP contribution is -2.15. The molecule has 0 saturated heterocycles. The van der Waals surface area contributed by atoms with Gasteiger partial charge in [-0.1, -0.05) is 13.0 Å². The fraction of sp³-hybridized carbons (Fsp3) is 0.467. The van der Waals surface area contributed by atoms with Crippen LogP contribution >= 0.6 is 22.6 Å². The molecule has 0 heterocycles. The molecule has 1 aromatic carbocycles. The third-order valence-corrected chi connectivity index (χ3v) is 4.17. The summed E-state index contributed by atoms with van der Waals surface area (Å²) in [6.07, 6.45) is 1.23. The lowest BCUT2D eigenvalue weighted by atomic mass is 10.1. The lowest BCUT2D eigenvalue weighted by Gasteiger charge is -2.07. The molecule has 21 heavy (non-hydrogen) atoms. The van der Waals surface area contributed by atoms with Crippen LogP contribution in [0.5, 0.6) is 0 Å². The summed E-state index contributed by atoms with van der Waals surface area (Å²) in [5.74, 6) is -0.461. The molecule has 0 spiro atoms. The van der Waals surface area contributed by atoms with E-state index in [1.165, 1.54) is 6.07 Å². The topological polar surface area (TPSA) is 52.6 Å². The number of rotatable bonds is 6. The van der Waals surface area contributed by atoms with Gasteiger partial charge in [-0.3, -0.25) is 9.59 Å². The van der Waals surface area contributed by atoms with Crippen LogP contribution in [-0.2, 0) is 25.5 Å². The molecule has 1 saturated carbocycles. The Morgan fingerprint density at radius 3 is 2.62 bits per heavy atom. The predicted octanol–water partition coefficient (Wildman–Crippen LogP) is 3.06. The van der Waals surface area contributed by atoms with Crippen LogP contribution in [-0.4, -0.2) is 18.7 Å². The van der Waals surface area contributed by atoms with Crippen molar-refractivity contribution in [3.05, 3.63) is 33.1 Å². The Bertz CT molecular complexity index is 546. The van der Waals surface area contributed by atoms with Crippen LogP contribution in [0, 0.1) is 21.2 Å². The summed E-state index contributed by atoms with van der Waals surface area (Å²) >= 11 is 1.99. The molecule has 1 fully saturated rings. The number of hydrogen-bond acceptors (Lipinski definition) is 4. The highest BCUT2D eigenvalue weighted by atomic mass is 127. The first-order valence-electron chi connectivity index (χ1n) is 6.71. The number of carbonyl (C=O) groups excluding carboxylic acids is 2. The molecule has 2 unspecified atom stereocenters. The minimum atomic E-state index is -0.623. The van der Waals surface area contributed by atoms with Crippen LogP contribution in [0.15, 0.2) is 18.2 Å². The van der Waals surface area contributed by atoms with E-state index in [1.54, 1.807) is 12.1 Å². The minimum absolute atomic E-state index is 0.181. The first kappa shape index (κ1) is 16.2. The molecule has 6 heteroatoms. The van der Waals surface area contributed by atoms with Gasteiger partial charge in [-0.15, -0.1) is 0 Å². The Balaban J connectivity index is 1.68. The molecule has 0 aliphatic heterocycles. The fourth-order valence-electron chi connectivity index (χ4n) is 1.99. The van der Waals surface area contributed by atoms with E-state index in [0.717, 1.165) is 9.99 Å². The van der Waals surface area contributed by atoms with Crippen LogP contribution in [0.1, 0.15) is 25.3 Å². The molecule has 114 valence electrons. The van der Waals surface area contributed by atoms with Crippen molar-refractivity contribution in [3.8, 4) is 0 Å². The zero-order valence-corrected chi connectivity index (χ0v) is 13.8. The summed E-state index contributed by atoms with van der Waals surface area (Å²) < 4.78 is 23.9. The van der Waals surface area contributed by atoms with Gasteiger partial charge in [0, 0.05) is 9.99 Å². The summed E-state index contributed by atoms with van der Waals surface area (Å²) in [5.41, 5.74) is 0.263. The Hall–Kier alpha value is -1.18. The van der Waals surface area contributed by atoms with Gasteiger partial charge >= 0.3 is 11.9 Å². The minimum Gasteiger partial charge on any atom is -0.428 e. The van der Waals surface area contributed by atoms with Gasteiger partial charge < -0.3 is 9.47 Å². The van der Waals surface area contributed by atoms with Crippen LogP contribution in [0.25, 0.3) is 0 Å². The molecular weight excluding hydrogens is 390 g/mol. The van der Waals surface area contributed by atoms with Gasteiger partial charge in [0.15, 0.2) is 0 Å². The smallest absolute Gasteiger partial charge is 0.313 e. The molecule has 0 radical (unpaired) electrons. The third-order valence-electron chi connectivity index (χ3n) is 3.49. The third kappa shape index (κ3) is 5.26. The van der Waals surface area contributed by atoms with Crippen molar-refractivity contribution in [1.82, 2.24) is 0 Å². The SMILES string of the molecule is CC1CC1CC(=O)OCOC(=O)Cc1ccc(I)cc1F. The Kier molecular flexibility index (Phi) is 5.55. The first-order chi connectivity index (χ1) is 9.95. The molecule has 0 amide bonds. The van der Waals surface area contributed by atoms with Crippen molar-refractivity contribution in [3.63, 3.8) is 0 Å². The van der Waals surface area contributed by atoms with E-state index in [0.29, 0.717) is 18.3 Å². The number of hydrogen-bond donors (Lipinski definition) is 0. The monoisotopic (exact) mass is 406 g/mol. The maximum atomic E-state index is 13.6. The molecule has 1 aliphatic rings. The second kappa shape index (κ2) is 7.20. The number of halogens is 2. The van der Waals surface area contributed by atoms with Gasteiger partial charge in [0.2, 0.25) is 6.79 Å². The number of esters is 2. The van der Waals surface area contributed by atoms with Crippen molar-refractivity contribution in [1.29, 1.82) is 0 Å². The van der Waals surface area contributed by atoms with Crippen molar-refractivity contribution >= 4 is 34.5 Å². The maximum absolute atomic E-state index is 13.6. The highest BCUT2D eigenvalue weighted by Crippen LogP contribution is 2.40. The normalized spacial score (nSPS) is 20.0. The van der Waals surface area contributed by atoms with E-state index in [-0.39, 0.29) is 18.0 Å². The molecule has 4 nitrogen and oxygen atoms in total. The number of carbonyl (C=O) groups is 2. The highest BCUT2D eigenvalue weighted by molar-refractivity contribution is 14.1. The number of ether oxygens (including phenoxy) is 2. The van der Waals surface area contributed by atoms with E-state index >= 15 is 0 Å². The van der Waals surface area contributed by atoms with Crippen LogP contribution in [0.2, 0.25) is 0 Å². The van der Waals surface area contributed by atoms with Gasteiger partial charge in [-0.25, -0.2) is 4.39 Å². The zero-order valence-electron chi connectivity index (χ0n) is 11.6. The largest absolute Gasteiger partial charge is 0.428 e.